The number of sulfonamides is 1. The van der Waals surface area contributed by atoms with Crippen LogP contribution in [0.2, 0.25) is 0 Å². The van der Waals surface area contributed by atoms with Crippen LogP contribution in [0.15, 0.2) is 46.1 Å². The predicted octanol–water partition coefficient (Wildman–Crippen LogP) is 1.04. The van der Waals surface area contributed by atoms with E-state index in [1.807, 2.05) is 18.2 Å². The molecule has 0 bridgehead atoms. The van der Waals surface area contributed by atoms with Gasteiger partial charge in [0.15, 0.2) is 5.96 Å². The lowest BCUT2D eigenvalue weighted by molar-refractivity contribution is 0.185. The van der Waals surface area contributed by atoms with Crippen molar-refractivity contribution in [2.24, 2.45) is 4.99 Å². The fourth-order valence-corrected chi connectivity index (χ4v) is 4.70. The van der Waals surface area contributed by atoms with Gasteiger partial charge in [0.05, 0.1) is 12.3 Å². The molecule has 3 rings (SSSR count). The third-order valence-corrected chi connectivity index (χ3v) is 6.53. The van der Waals surface area contributed by atoms with Crippen molar-refractivity contribution >= 4 is 16.0 Å². The van der Waals surface area contributed by atoms with Crippen molar-refractivity contribution in [3.63, 3.8) is 0 Å². The maximum absolute atomic E-state index is 12.6. The first-order valence-corrected chi connectivity index (χ1v) is 11.0. The Morgan fingerprint density at radius 2 is 2.00 bits per heavy atom. The lowest BCUT2D eigenvalue weighted by Gasteiger charge is -2.35. The van der Waals surface area contributed by atoms with E-state index in [9.17, 15) is 8.42 Å². The molecule has 0 saturated carbocycles. The van der Waals surface area contributed by atoms with Gasteiger partial charge in [-0.1, -0.05) is 29.4 Å². The fraction of sp³-hybridized carbons (Fsp3) is 0.474. The molecule has 1 aliphatic rings. The van der Waals surface area contributed by atoms with E-state index < -0.39 is 10.0 Å². The molecular formula is C19H27N5O4S. The lowest BCUT2D eigenvalue weighted by atomic mass is 10.1. The van der Waals surface area contributed by atoms with Crippen LogP contribution < -0.4 is 5.32 Å². The van der Waals surface area contributed by atoms with Crippen LogP contribution in [0.4, 0.5) is 0 Å². The number of rotatable bonds is 7. The van der Waals surface area contributed by atoms with Crippen LogP contribution >= 0.6 is 0 Å². The van der Waals surface area contributed by atoms with Gasteiger partial charge in [0.25, 0.3) is 0 Å². The number of methoxy groups -OCH3 is 1. The molecule has 29 heavy (non-hydrogen) atoms. The second-order valence-electron chi connectivity index (χ2n) is 6.79. The van der Waals surface area contributed by atoms with Gasteiger partial charge in [-0.15, -0.1) is 0 Å². The van der Waals surface area contributed by atoms with Crippen LogP contribution in [0.5, 0.6) is 0 Å². The lowest BCUT2D eigenvalue weighted by Crippen LogP contribution is -2.53. The average molecular weight is 422 g/mol. The van der Waals surface area contributed by atoms with Crippen LogP contribution in [0.1, 0.15) is 16.8 Å². The Hall–Kier alpha value is -2.43. The standard InChI is InChI=1S/C19H27N5O4S/c1-20-19(21-13-16-4-3-5-17(12-16)14-27-2)23-7-9-24(10-8-23)29(25,26)15-18-6-11-28-22-18/h3-6,11-12H,7-10,13-15H2,1-2H3,(H,20,21). The van der Waals surface area contributed by atoms with Crippen molar-refractivity contribution in [2.45, 2.75) is 18.9 Å². The maximum atomic E-state index is 12.6. The molecule has 2 heterocycles. The molecule has 1 fully saturated rings. The summed E-state index contributed by atoms with van der Waals surface area (Å²) in [6.45, 7) is 3.17. The minimum Gasteiger partial charge on any atom is -0.380 e. The molecule has 1 aliphatic heterocycles. The first kappa shape index (κ1) is 21.3. The van der Waals surface area contributed by atoms with Gasteiger partial charge in [-0.2, -0.15) is 4.31 Å². The van der Waals surface area contributed by atoms with Gasteiger partial charge in [0.1, 0.15) is 12.0 Å². The molecule has 2 aromatic rings. The van der Waals surface area contributed by atoms with E-state index in [2.05, 4.69) is 26.4 Å². The highest BCUT2D eigenvalue weighted by molar-refractivity contribution is 7.88. The van der Waals surface area contributed by atoms with E-state index in [4.69, 9.17) is 9.26 Å². The maximum Gasteiger partial charge on any atom is 0.220 e. The van der Waals surface area contributed by atoms with Crippen molar-refractivity contribution in [2.75, 3.05) is 40.3 Å². The molecule has 1 aromatic heterocycles. The third-order valence-electron chi connectivity index (χ3n) is 4.72. The Balaban J connectivity index is 1.53. The number of aliphatic imine (C=N–C) groups is 1. The van der Waals surface area contributed by atoms with Gasteiger partial charge in [0, 0.05) is 52.9 Å². The van der Waals surface area contributed by atoms with Gasteiger partial charge in [-0.25, -0.2) is 8.42 Å². The smallest absolute Gasteiger partial charge is 0.220 e. The molecular weight excluding hydrogens is 394 g/mol. The molecule has 0 unspecified atom stereocenters. The van der Waals surface area contributed by atoms with Gasteiger partial charge in [-0.05, 0) is 11.1 Å². The van der Waals surface area contributed by atoms with E-state index >= 15 is 0 Å². The summed E-state index contributed by atoms with van der Waals surface area (Å²) in [4.78, 5) is 6.42. The molecule has 1 saturated heterocycles. The Morgan fingerprint density at radius 1 is 1.24 bits per heavy atom. The molecule has 9 nitrogen and oxygen atoms in total. The number of nitrogens with one attached hydrogen (secondary N) is 1. The Morgan fingerprint density at radius 3 is 2.66 bits per heavy atom. The summed E-state index contributed by atoms with van der Waals surface area (Å²) in [5.74, 6) is 0.615. The molecule has 10 heteroatoms. The molecule has 1 N–H and O–H groups in total. The van der Waals surface area contributed by atoms with Crippen LogP contribution in [0.3, 0.4) is 0 Å². The van der Waals surface area contributed by atoms with Crippen LogP contribution in [-0.2, 0) is 33.7 Å². The van der Waals surface area contributed by atoms with Crippen molar-refractivity contribution < 1.29 is 17.7 Å². The Labute approximate surface area is 171 Å². The monoisotopic (exact) mass is 421 g/mol. The molecule has 1 aromatic carbocycles. The molecule has 158 valence electrons. The number of benzene rings is 1. The zero-order chi connectivity index (χ0) is 20.7. The van der Waals surface area contributed by atoms with Crippen molar-refractivity contribution in [3.05, 3.63) is 53.4 Å². The first-order valence-electron chi connectivity index (χ1n) is 9.41. The van der Waals surface area contributed by atoms with Crippen LogP contribution in [0, 0.1) is 0 Å². The van der Waals surface area contributed by atoms with E-state index in [-0.39, 0.29) is 5.75 Å². The normalized spacial score (nSPS) is 16.2. The summed E-state index contributed by atoms with van der Waals surface area (Å²) >= 11 is 0. The number of aromatic nitrogens is 1. The highest BCUT2D eigenvalue weighted by Gasteiger charge is 2.28. The van der Waals surface area contributed by atoms with Crippen molar-refractivity contribution in [1.29, 1.82) is 0 Å². The van der Waals surface area contributed by atoms with E-state index in [0.29, 0.717) is 45.0 Å². The van der Waals surface area contributed by atoms with E-state index in [1.165, 1.54) is 10.6 Å². The third kappa shape index (κ3) is 5.78. The number of piperazine rings is 1. The van der Waals surface area contributed by atoms with Gasteiger partial charge >= 0.3 is 0 Å². The highest BCUT2D eigenvalue weighted by Crippen LogP contribution is 2.13. The Kier molecular flexibility index (Phi) is 7.24. The van der Waals surface area contributed by atoms with Gasteiger partial charge in [-0.3, -0.25) is 4.99 Å². The molecule has 0 amide bonds. The molecule has 0 aliphatic carbocycles. The predicted molar refractivity (Wildman–Crippen MR) is 110 cm³/mol. The van der Waals surface area contributed by atoms with Crippen LogP contribution in [0.25, 0.3) is 0 Å². The molecule has 0 radical (unpaired) electrons. The minimum absolute atomic E-state index is 0.145. The highest BCUT2D eigenvalue weighted by atomic mass is 32.2. The molecule has 0 spiro atoms. The summed E-state index contributed by atoms with van der Waals surface area (Å²) in [7, 11) is -0.00325. The van der Waals surface area contributed by atoms with Crippen LogP contribution in [-0.4, -0.2) is 69.1 Å². The summed E-state index contributed by atoms with van der Waals surface area (Å²) in [5.41, 5.74) is 2.67. The van der Waals surface area contributed by atoms with Gasteiger partial charge < -0.3 is 19.5 Å². The first-order chi connectivity index (χ1) is 14.0. The van der Waals surface area contributed by atoms with Crippen molar-refractivity contribution in [3.8, 4) is 0 Å². The van der Waals surface area contributed by atoms with E-state index in [0.717, 1.165) is 17.1 Å². The summed E-state index contributed by atoms with van der Waals surface area (Å²) in [5, 5.41) is 7.05. The van der Waals surface area contributed by atoms with Gasteiger partial charge in [0.2, 0.25) is 10.0 Å². The Bertz CT molecular complexity index is 906. The summed E-state index contributed by atoms with van der Waals surface area (Å²) in [6, 6.07) is 9.75. The van der Waals surface area contributed by atoms with Crippen molar-refractivity contribution in [1.82, 2.24) is 19.7 Å². The number of guanidine groups is 1. The largest absolute Gasteiger partial charge is 0.380 e. The number of hydrogen-bond donors (Lipinski definition) is 1. The summed E-state index contributed by atoms with van der Waals surface area (Å²) < 4.78 is 36.5. The zero-order valence-corrected chi connectivity index (χ0v) is 17.6. The van der Waals surface area contributed by atoms with E-state index in [1.54, 1.807) is 20.2 Å². The second-order valence-corrected chi connectivity index (χ2v) is 8.76. The number of nitrogens with zero attached hydrogens (tertiary/aromatic N) is 4. The second kappa shape index (κ2) is 9.86. The average Bonchev–Trinajstić information content (AvgIpc) is 3.22. The zero-order valence-electron chi connectivity index (χ0n) is 16.7. The fourth-order valence-electron chi connectivity index (χ4n) is 3.28. The quantitative estimate of drug-likeness (QED) is 0.527. The summed E-state index contributed by atoms with van der Waals surface area (Å²) in [6.07, 6.45) is 1.38. The minimum atomic E-state index is -3.42. The SMILES string of the molecule is CN=C(NCc1cccc(COC)c1)N1CCN(S(=O)(=O)Cc2ccon2)CC1. The number of ether oxygens (including phenoxy) is 1. The number of hydrogen-bond acceptors (Lipinski definition) is 6. The molecule has 0 atom stereocenters. The topological polar surface area (TPSA) is 100 Å².